The lowest BCUT2D eigenvalue weighted by molar-refractivity contribution is -0.136. The number of urea groups is 1. The van der Waals surface area contributed by atoms with Gasteiger partial charge in [0.25, 0.3) is 0 Å². The molecule has 7 heteroatoms. The van der Waals surface area contributed by atoms with Crippen molar-refractivity contribution in [2.24, 2.45) is 0 Å². The molecule has 1 fully saturated rings. The summed E-state index contributed by atoms with van der Waals surface area (Å²) in [6.07, 6.45) is 3.46. The normalized spacial score (nSPS) is 23.4. The van der Waals surface area contributed by atoms with E-state index in [1.807, 2.05) is 24.3 Å². The summed E-state index contributed by atoms with van der Waals surface area (Å²) in [6, 6.07) is 6.85. The summed E-state index contributed by atoms with van der Waals surface area (Å²) in [4.78, 5) is 27.2. The Labute approximate surface area is 159 Å². The lowest BCUT2D eigenvalue weighted by Gasteiger charge is -2.36. The van der Waals surface area contributed by atoms with Gasteiger partial charge in [-0.25, -0.2) is 9.59 Å². The number of likely N-dealkylation sites (tertiary alicyclic amines) is 1. The zero-order chi connectivity index (χ0) is 19.4. The summed E-state index contributed by atoms with van der Waals surface area (Å²) in [6.45, 7) is 3.66. The van der Waals surface area contributed by atoms with Crippen LogP contribution in [0.1, 0.15) is 37.8 Å². The molecule has 0 aromatic heterocycles. The van der Waals surface area contributed by atoms with Crippen molar-refractivity contribution >= 4 is 12.0 Å². The zero-order valence-electron chi connectivity index (χ0n) is 16.1. The van der Waals surface area contributed by atoms with Crippen molar-refractivity contribution in [3.63, 3.8) is 0 Å². The molecule has 3 rings (SSSR count). The molecule has 0 bridgehead atoms. The number of benzene rings is 1. The third-order valence-electron chi connectivity index (χ3n) is 5.31. The summed E-state index contributed by atoms with van der Waals surface area (Å²) in [7, 11) is 2.96. The van der Waals surface area contributed by atoms with Crippen molar-refractivity contribution in [1.82, 2.24) is 15.5 Å². The number of amides is 2. The van der Waals surface area contributed by atoms with Crippen LogP contribution in [0, 0.1) is 0 Å². The quantitative estimate of drug-likeness (QED) is 0.775. The number of hydrogen-bond acceptors (Lipinski definition) is 5. The van der Waals surface area contributed by atoms with Crippen LogP contribution in [0.25, 0.3) is 0 Å². The van der Waals surface area contributed by atoms with E-state index in [0.717, 1.165) is 24.9 Å². The highest BCUT2D eigenvalue weighted by atomic mass is 16.5. The summed E-state index contributed by atoms with van der Waals surface area (Å²) in [5.41, 5.74) is 1.86. The van der Waals surface area contributed by atoms with E-state index in [-0.39, 0.29) is 6.03 Å². The Morgan fingerprint density at radius 1 is 1.22 bits per heavy atom. The maximum atomic E-state index is 12.6. The predicted molar refractivity (Wildman–Crippen MR) is 101 cm³/mol. The SMILES string of the molecule is COC(=O)C1=C(CN2CCCC[C@H]2C)NC(=O)N[C@H]1c1ccc(OC)cc1. The summed E-state index contributed by atoms with van der Waals surface area (Å²) in [5, 5.41) is 5.68. The van der Waals surface area contributed by atoms with E-state index in [1.165, 1.54) is 13.5 Å². The average Bonchev–Trinajstić information content (AvgIpc) is 2.69. The first-order valence-electron chi connectivity index (χ1n) is 9.30. The molecule has 146 valence electrons. The van der Waals surface area contributed by atoms with Gasteiger partial charge in [0.1, 0.15) is 5.75 Å². The van der Waals surface area contributed by atoms with Gasteiger partial charge in [-0.1, -0.05) is 18.6 Å². The van der Waals surface area contributed by atoms with Crippen molar-refractivity contribution in [1.29, 1.82) is 0 Å². The van der Waals surface area contributed by atoms with Crippen LogP contribution >= 0.6 is 0 Å². The molecule has 2 aliphatic heterocycles. The van der Waals surface area contributed by atoms with Crippen molar-refractivity contribution in [2.45, 2.75) is 38.3 Å². The summed E-state index contributed by atoms with van der Waals surface area (Å²) < 4.78 is 10.2. The maximum Gasteiger partial charge on any atom is 0.338 e. The molecule has 1 saturated heterocycles. The number of piperidine rings is 1. The van der Waals surface area contributed by atoms with Crippen molar-refractivity contribution in [3.8, 4) is 5.75 Å². The van der Waals surface area contributed by atoms with Crippen LogP contribution in [0.2, 0.25) is 0 Å². The second kappa shape index (κ2) is 8.43. The number of carbonyl (C=O) groups excluding carboxylic acids is 2. The minimum Gasteiger partial charge on any atom is -0.497 e. The molecule has 2 amide bonds. The topological polar surface area (TPSA) is 79.9 Å². The highest BCUT2D eigenvalue weighted by Gasteiger charge is 2.34. The number of rotatable bonds is 5. The van der Waals surface area contributed by atoms with E-state index in [1.54, 1.807) is 7.11 Å². The van der Waals surface area contributed by atoms with Gasteiger partial charge in [0.15, 0.2) is 0 Å². The van der Waals surface area contributed by atoms with E-state index in [2.05, 4.69) is 22.5 Å². The summed E-state index contributed by atoms with van der Waals surface area (Å²) >= 11 is 0. The smallest absolute Gasteiger partial charge is 0.338 e. The Balaban J connectivity index is 1.97. The molecule has 0 aliphatic carbocycles. The number of nitrogens with zero attached hydrogens (tertiary/aromatic N) is 1. The van der Waals surface area contributed by atoms with Gasteiger partial charge in [0, 0.05) is 18.3 Å². The van der Waals surface area contributed by atoms with Gasteiger partial charge in [0.05, 0.1) is 25.8 Å². The molecule has 0 spiro atoms. The monoisotopic (exact) mass is 373 g/mol. The standard InChI is InChI=1S/C20H27N3O4/c1-13-6-4-5-11-23(13)12-16-17(19(24)27-3)18(22-20(25)21-16)14-7-9-15(26-2)10-8-14/h7-10,13,18H,4-6,11-12H2,1-3H3,(H2,21,22,25)/t13-,18+/m1/s1. The van der Waals surface area contributed by atoms with Crippen LogP contribution in [0.15, 0.2) is 35.5 Å². The minimum absolute atomic E-state index is 0.317. The number of nitrogens with one attached hydrogen (secondary N) is 2. The Morgan fingerprint density at radius 2 is 1.96 bits per heavy atom. The van der Waals surface area contributed by atoms with Gasteiger partial charge in [-0.15, -0.1) is 0 Å². The van der Waals surface area contributed by atoms with Gasteiger partial charge >= 0.3 is 12.0 Å². The molecule has 0 radical (unpaired) electrons. The van der Waals surface area contributed by atoms with E-state index >= 15 is 0 Å². The average molecular weight is 373 g/mol. The Hall–Kier alpha value is -2.54. The van der Waals surface area contributed by atoms with Crippen LogP contribution in [-0.2, 0) is 9.53 Å². The van der Waals surface area contributed by atoms with Crippen molar-refractivity contribution in [2.75, 3.05) is 27.3 Å². The Kier molecular flexibility index (Phi) is 6.01. The molecule has 2 atom stereocenters. The molecule has 7 nitrogen and oxygen atoms in total. The number of methoxy groups -OCH3 is 2. The van der Waals surface area contributed by atoms with Crippen LogP contribution in [0.4, 0.5) is 4.79 Å². The Bertz CT molecular complexity index is 729. The highest BCUT2D eigenvalue weighted by Crippen LogP contribution is 2.30. The van der Waals surface area contributed by atoms with Crippen LogP contribution in [0.3, 0.4) is 0 Å². The molecular weight excluding hydrogens is 346 g/mol. The van der Waals surface area contributed by atoms with E-state index in [4.69, 9.17) is 9.47 Å². The molecule has 2 heterocycles. The maximum absolute atomic E-state index is 12.6. The molecule has 2 aliphatic rings. The molecule has 2 N–H and O–H groups in total. The first-order valence-corrected chi connectivity index (χ1v) is 9.30. The van der Waals surface area contributed by atoms with E-state index in [9.17, 15) is 9.59 Å². The number of carbonyl (C=O) groups is 2. The van der Waals surface area contributed by atoms with Gasteiger partial charge in [0.2, 0.25) is 0 Å². The molecule has 1 aromatic carbocycles. The number of ether oxygens (including phenoxy) is 2. The van der Waals surface area contributed by atoms with Gasteiger partial charge in [-0.3, -0.25) is 4.90 Å². The third kappa shape index (κ3) is 4.24. The second-order valence-electron chi connectivity index (χ2n) is 7.00. The van der Waals surface area contributed by atoms with Crippen molar-refractivity contribution in [3.05, 3.63) is 41.1 Å². The van der Waals surface area contributed by atoms with Crippen molar-refractivity contribution < 1.29 is 19.1 Å². The minimum atomic E-state index is -0.563. The first kappa shape index (κ1) is 19.2. The van der Waals surface area contributed by atoms with Crippen LogP contribution < -0.4 is 15.4 Å². The predicted octanol–water partition coefficient (Wildman–Crippen LogP) is 2.35. The molecule has 0 saturated carbocycles. The fourth-order valence-corrected chi connectivity index (χ4v) is 3.74. The Morgan fingerprint density at radius 3 is 2.59 bits per heavy atom. The van der Waals surface area contributed by atoms with Gasteiger partial charge in [-0.05, 0) is 44.0 Å². The second-order valence-corrected chi connectivity index (χ2v) is 7.00. The molecule has 1 aromatic rings. The van der Waals surface area contributed by atoms with Crippen LogP contribution in [-0.4, -0.2) is 50.3 Å². The highest BCUT2D eigenvalue weighted by molar-refractivity contribution is 5.95. The number of esters is 1. The lowest BCUT2D eigenvalue weighted by atomic mass is 9.94. The fourth-order valence-electron chi connectivity index (χ4n) is 3.74. The van der Waals surface area contributed by atoms with Crippen LogP contribution in [0.5, 0.6) is 5.75 Å². The van der Waals surface area contributed by atoms with E-state index < -0.39 is 12.0 Å². The molecule has 27 heavy (non-hydrogen) atoms. The third-order valence-corrected chi connectivity index (χ3v) is 5.31. The summed E-state index contributed by atoms with van der Waals surface area (Å²) in [5.74, 6) is 0.271. The molecular formula is C20H27N3O4. The van der Waals surface area contributed by atoms with Gasteiger partial charge in [-0.2, -0.15) is 0 Å². The molecule has 0 unspecified atom stereocenters. The van der Waals surface area contributed by atoms with E-state index in [0.29, 0.717) is 29.6 Å². The number of hydrogen-bond donors (Lipinski definition) is 2. The first-order chi connectivity index (χ1) is 13.0. The van der Waals surface area contributed by atoms with Gasteiger partial charge < -0.3 is 20.1 Å². The largest absolute Gasteiger partial charge is 0.497 e. The fraction of sp³-hybridized carbons (Fsp3) is 0.500. The zero-order valence-corrected chi connectivity index (χ0v) is 16.1. The lowest BCUT2D eigenvalue weighted by Crippen LogP contribution is -2.50.